The molecule has 24 heavy (non-hydrogen) atoms. The van der Waals surface area contributed by atoms with Crippen LogP contribution in [-0.2, 0) is 17.6 Å². The van der Waals surface area contributed by atoms with E-state index in [1.165, 1.54) is 11.1 Å². The molecule has 1 unspecified atom stereocenters. The quantitative estimate of drug-likeness (QED) is 0.850. The summed E-state index contributed by atoms with van der Waals surface area (Å²) in [6.07, 6.45) is 1.45. The first kappa shape index (κ1) is 16.5. The van der Waals surface area contributed by atoms with Gasteiger partial charge in [0.15, 0.2) is 0 Å². The number of amides is 1. The zero-order valence-electron chi connectivity index (χ0n) is 14.2. The van der Waals surface area contributed by atoms with Crippen molar-refractivity contribution in [3.8, 4) is 0 Å². The largest absolute Gasteiger partial charge is 0.399 e. The van der Waals surface area contributed by atoms with Crippen molar-refractivity contribution in [1.82, 2.24) is 10.2 Å². The van der Waals surface area contributed by atoms with Crippen LogP contribution >= 0.6 is 0 Å². The van der Waals surface area contributed by atoms with Gasteiger partial charge in [0.25, 0.3) is 0 Å². The highest BCUT2D eigenvalue weighted by molar-refractivity contribution is 5.79. The van der Waals surface area contributed by atoms with Crippen LogP contribution in [0.3, 0.4) is 0 Å². The number of carbonyl (C=O) groups is 1. The molecule has 1 saturated heterocycles. The summed E-state index contributed by atoms with van der Waals surface area (Å²) in [6, 6.07) is 16.3. The van der Waals surface area contributed by atoms with Gasteiger partial charge in [0.2, 0.25) is 5.91 Å². The van der Waals surface area contributed by atoms with Gasteiger partial charge in [0.1, 0.15) is 0 Å². The predicted octanol–water partition coefficient (Wildman–Crippen LogP) is 2.55. The number of anilines is 1. The lowest BCUT2D eigenvalue weighted by Crippen LogP contribution is -2.49. The second kappa shape index (κ2) is 7.49. The number of carbonyl (C=O) groups excluding carboxylic acids is 1. The van der Waals surface area contributed by atoms with Gasteiger partial charge in [0, 0.05) is 25.3 Å². The van der Waals surface area contributed by atoms with Crippen molar-refractivity contribution in [2.24, 2.45) is 0 Å². The molecule has 4 heteroatoms. The number of nitrogens with one attached hydrogen (secondary N) is 1. The van der Waals surface area contributed by atoms with E-state index >= 15 is 0 Å². The number of piperazine rings is 1. The Labute approximate surface area is 143 Å². The monoisotopic (exact) mass is 323 g/mol. The number of nitrogens with zero attached hydrogens (tertiary/aromatic N) is 1. The van der Waals surface area contributed by atoms with Gasteiger partial charge in [-0.3, -0.25) is 4.79 Å². The van der Waals surface area contributed by atoms with Crippen molar-refractivity contribution in [1.29, 1.82) is 0 Å². The molecule has 1 aliphatic rings. The van der Waals surface area contributed by atoms with E-state index in [1.807, 2.05) is 29.2 Å². The van der Waals surface area contributed by atoms with Crippen LogP contribution in [0.2, 0.25) is 0 Å². The molecule has 0 spiro atoms. The third-order valence-electron chi connectivity index (χ3n) is 4.67. The maximum atomic E-state index is 12.8. The van der Waals surface area contributed by atoms with Crippen molar-refractivity contribution in [3.63, 3.8) is 0 Å². The Kier molecular flexibility index (Phi) is 5.16. The molecule has 0 radical (unpaired) electrons. The SMILES string of the molecule is CCc1ccc(C2CNCCN2C(=O)Cc2ccc(N)cc2)cc1. The van der Waals surface area contributed by atoms with Crippen molar-refractivity contribution in [2.45, 2.75) is 25.8 Å². The van der Waals surface area contributed by atoms with Gasteiger partial charge in [0.05, 0.1) is 12.5 Å². The van der Waals surface area contributed by atoms with Crippen molar-refractivity contribution in [2.75, 3.05) is 25.4 Å². The first-order chi connectivity index (χ1) is 11.7. The van der Waals surface area contributed by atoms with Gasteiger partial charge < -0.3 is 16.0 Å². The van der Waals surface area contributed by atoms with E-state index in [0.717, 1.165) is 37.3 Å². The van der Waals surface area contributed by atoms with Gasteiger partial charge in [-0.2, -0.15) is 0 Å². The zero-order chi connectivity index (χ0) is 16.9. The molecule has 3 N–H and O–H groups in total. The minimum atomic E-state index is 0.103. The predicted molar refractivity (Wildman–Crippen MR) is 97.7 cm³/mol. The number of nitrogen functional groups attached to an aromatic ring is 1. The molecule has 3 rings (SSSR count). The minimum Gasteiger partial charge on any atom is -0.399 e. The fourth-order valence-electron chi connectivity index (χ4n) is 3.19. The number of rotatable bonds is 4. The lowest BCUT2D eigenvalue weighted by Gasteiger charge is -2.36. The normalized spacial score (nSPS) is 17.7. The summed E-state index contributed by atoms with van der Waals surface area (Å²) in [7, 11) is 0. The highest BCUT2D eigenvalue weighted by atomic mass is 16.2. The van der Waals surface area contributed by atoms with Crippen LogP contribution in [0.25, 0.3) is 0 Å². The summed E-state index contributed by atoms with van der Waals surface area (Å²) in [6.45, 7) is 4.55. The fraction of sp³-hybridized carbons (Fsp3) is 0.350. The van der Waals surface area contributed by atoms with Crippen molar-refractivity contribution in [3.05, 3.63) is 65.2 Å². The molecule has 2 aromatic rings. The van der Waals surface area contributed by atoms with E-state index in [9.17, 15) is 4.79 Å². The summed E-state index contributed by atoms with van der Waals surface area (Å²) < 4.78 is 0. The number of nitrogens with two attached hydrogens (primary N) is 1. The first-order valence-corrected chi connectivity index (χ1v) is 8.61. The second-order valence-electron chi connectivity index (χ2n) is 6.32. The third-order valence-corrected chi connectivity index (χ3v) is 4.67. The van der Waals surface area contributed by atoms with Crippen LogP contribution in [0.1, 0.15) is 29.7 Å². The van der Waals surface area contributed by atoms with Gasteiger partial charge in [-0.1, -0.05) is 43.3 Å². The van der Waals surface area contributed by atoms with Crippen LogP contribution in [0.15, 0.2) is 48.5 Å². The molecular weight excluding hydrogens is 298 g/mol. The summed E-state index contributed by atoms with van der Waals surface area (Å²) in [4.78, 5) is 14.8. The molecule has 2 aromatic carbocycles. The van der Waals surface area contributed by atoms with E-state index in [0.29, 0.717) is 6.42 Å². The zero-order valence-corrected chi connectivity index (χ0v) is 14.2. The van der Waals surface area contributed by atoms with Crippen LogP contribution in [0, 0.1) is 0 Å². The fourth-order valence-corrected chi connectivity index (χ4v) is 3.19. The average Bonchev–Trinajstić information content (AvgIpc) is 2.63. The van der Waals surface area contributed by atoms with Crippen molar-refractivity contribution < 1.29 is 4.79 Å². The highest BCUT2D eigenvalue weighted by Gasteiger charge is 2.27. The highest BCUT2D eigenvalue weighted by Crippen LogP contribution is 2.24. The van der Waals surface area contributed by atoms with E-state index in [4.69, 9.17) is 5.73 Å². The average molecular weight is 323 g/mol. The number of aryl methyl sites for hydroxylation is 1. The molecule has 1 atom stereocenters. The summed E-state index contributed by atoms with van der Waals surface area (Å²) in [5.74, 6) is 0.172. The van der Waals surface area contributed by atoms with Crippen molar-refractivity contribution >= 4 is 11.6 Å². The molecule has 4 nitrogen and oxygen atoms in total. The Morgan fingerprint density at radius 1 is 1.12 bits per heavy atom. The Bertz CT molecular complexity index is 679. The van der Waals surface area contributed by atoms with E-state index < -0.39 is 0 Å². The molecular formula is C20H25N3O. The summed E-state index contributed by atoms with van der Waals surface area (Å²) in [5, 5.41) is 3.41. The van der Waals surface area contributed by atoms with Gasteiger partial charge in [-0.25, -0.2) is 0 Å². The Morgan fingerprint density at radius 3 is 2.46 bits per heavy atom. The molecule has 0 aliphatic carbocycles. The lowest BCUT2D eigenvalue weighted by molar-refractivity contribution is -0.133. The van der Waals surface area contributed by atoms with E-state index in [2.05, 4.69) is 36.5 Å². The van der Waals surface area contributed by atoms with Crippen LogP contribution in [0.5, 0.6) is 0 Å². The molecule has 1 amide bonds. The molecule has 0 aromatic heterocycles. The first-order valence-electron chi connectivity index (χ1n) is 8.61. The molecule has 0 bridgehead atoms. The summed E-state index contributed by atoms with van der Waals surface area (Å²) >= 11 is 0. The second-order valence-corrected chi connectivity index (χ2v) is 6.32. The maximum absolute atomic E-state index is 12.8. The Hall–Kier alpha value is -2.33. The van der Waals surface area contributed by atoms with E-state index in [-0.39, 0.29) is 11.9 Å². The Balaban J connectivity index is 1.75. The maximum Gasteiger partial charge on any atom is 0.227 e. The van der Waals surface area contributed by atoms with Gasteiger partial charge in [-0.15, -0.1) is 0 Å². The van der Waals surface area contributed by atoms with E-state index in [1.54, 1.807) is 0 Å². The molecule has 0 saturated carbocycles. The third kappa shape index (κ3) is 3.77. The lowest BCUT2D eigenvalue weighted by atomic mass is 10.00. The standard InChI is InChI=1S/C20H25N3O/c1-2-15-3-7-17(8-4-15)19-14-22-11-12-23(19)20(24)13-16-5-9-18(21)10-6-16/h3-10,19,22H,2,11-14,21H2,1H3. The molecule has 1 heterocycles. The number of hydrogen-bond acceptors (Lipinski definition) is 3. The van der Waals surface area contributed by atoms with Gasteiger partial charge in [-0.05, 0) is 35.2 Å². The molecule has 126 valence electrons. The number of hydrogen-bond donors (Lipinski definition) is 2. The van der Waals surface area contributed by atoms with Crippen LogP contribution in [0.4, 0.5) is 5.69 Å². The van der Waals surface area contributed by atoms with Crippen LogP contribution in [-0.4, -0.2) is 30.4 Å². The van der Waals surface area contributed by atoms with Gasteiger partial charge >= 0.3 is 0 Å². The topological polar surface area (TPSA) is 58.4 Å². The summed E-state index contributed by atoms with van der Waals surface area (Å²) in [5.41, 5.74) is 9.97. The Morgan fingerprint density at radius 2 is 1.79 bits per heavy atom. The van der Waals surface area contributed by atoms with Crippen LogP contribution < -0.4 is 11.1 Å². The minimum absolute atomic E-state index is 0.103. The smallest absolute Gasteiger partial charge is 0.227 e. The number of benzene rings is 2. The molecule has 1 fully saturated rings. The molecule has 1 aliphatic heterocycles.